The molecule has 544 valence electrons. The Kier molecular flexibility index (Phi) is 70.9. The van der Waals surface area contributed by atoms with Gasteiger partial charge in [-0.3, -0.25) is 14.2 Å². The fraction of sp³-hybridized carbons (Fsp3) is 0.694. The number of unbranched alkanes of at least 4 members (excludes halogenated alkanes) is 33. The van der Waals surface area contributed by atoms with Crippen LogP contribution < -0.4 is 4.89 Å². The van der Waals surface area contributed by atoms with Crippen LogP contribution in [0, 0.1) is 0 Å². The molecule has 0 aromatic heterocycles. The summed E-state index contributed by atoms with van der Waals surface area (Å²) in [7, 11) is 1.14. The monoisotopic (exact) mass is 1340 g/mol. The van der Waals surface area contributed by atoms with Crippen molar-refractivity contribution in [3.63, 3.8) is 0 Å². The number of carbonyl (C=O) groups is 2. The van der Waals surface area contributed by atoms with E-state index in [0.29, 0.717) is 17.4 Å². The van der Waals surface area contributed by atoms with E-state index in [-0.39, 0.29) is 32.0 Å². The van der Waals surface area contributed by atoms with Crippen molar-refractivity contribution in [3.05, 3.63) is 146 Å². The highest BCUT2D eigenvalue weighted by molar-refractivity contribution is 7.45. The first-order valence-electron chi connectivity index (χ1n) is 39.0. The molecule has 0 aliphatic carbocycles. The number of quaternary nitrogens is 1. The van der Waals surface area contributed by atoms with Crippen LogP contribution in [0.2, 0.25) is 0 Å². The predicted molar refractivity (Wildman–Crippen MR) is 411 cm³/mol. The van der Waals surface area contributed by atoms with Gasteiger partial charge in [-0.25, -0.2) is 0 Å². The largest absolute Gasteiger partial charge is 0.756 e. The zero-order valence-corrected chi connectivity index (χ0v) is 63.0. The Morgan fingerprint density at radius 1 is 0.337 bits per heavy atom. The molecule has 95 heavy (non-hydrogen) atoms. The van der Waals surface area contributed by atoms with Crippen molar-refractivity contribution in [1.82, 2.24) is 0 Å². The second-order valence-corrected chi connectivity index (χ2v) is 28.4. The van der Waals surface area contributed by atoms with Crippen LogP contribution in [-0.4, -0.2) is 70.0 Å². The summed E-state index contributed by atoms with van der Waals surface area (Å²) in [4.78, 5) is 38.1. The molecule has 0 fully saturated rings. The molecule has 0 aromatic rings. The lowest BCUT2D eigenvalue weighted by molar-refractivity contribution is -0.870. The lowest BCUT2D eigenvalue weighted by Gasteiger charge is -2.28. The molecule has 0 aromatic carbocycles. The number of phosphoric ester groups is 1. The highest BCUT2D eigenvalue weighted by Gasteiger charge is 2.22. The molecule has 0 amide bonds. The first-order chi connectivity index (χ1) is 46.5. The van der Waals surface area contributed by atoms with Crippen molar-refractivity contribution < 1.29 is 42.1 Å². The van der Waals surface area contributed by atoms with Crippen molar-refractivity contribution in [2.24, 2.45) is 0 Å². The summed E-state index contributed by atoms with van der Waals surface area (Å²) in [6, 6.07) is 0. The number of hydrogen-bond donors (Lipinski definition) is 0. The maximum Gasteiger partial charge on any atom is 0.306 e. The van der Waals surface area contributed by atoms with Gasteiger partial charge in [0, 0.05) is 12.8 Å². The Balaban J connectivity index is 4.10. The summed E-state index contributed by atoms with van der Waals surface area (Å²) in [5.41, 5.74) is 0. The fourth-order valence-corrected chi connectivity index (χ4v) is 11.4. The van der Waals surface area contributed by atoms with Crippen LogP contribution >= 0.6 is 7.82 Å². The van der Waals surface area contributed by atoms with E-state index in [1.807, 2.05) is 21.1 Å². The van der Waals surface area contributed by atoms with Gasteiger partial charge in [0.15, 0.2) is 6.10 Å². The minimum absolute atomic E-state index is 0.0417. The molecule has 0 aliphatic heterocycles. The number of allylic oxidation sites excluding steroid dienone is 24. The third-order valence-corrected chi connectivity index (χ3v) is 17.6. The van der Waals surface area contributed by atoms with Crippen LogP contribution in [0.25, 0.3) is 0 Å². The summed E-state index contributed by atoms with van der Waals surface area (Å²) in [5.74, 6) is -0.859. The summed E-state index contributed by atoms with van der Waals surface area (Å²) in [6.45, 7) is 4.12. The molecule has 9 nitrogen and oxygen atoms in total. The first-order valence-corrected chi connectivity index (χ1v) is 40.5. The Morgan fingerprint density at radius 3 is 0.895 bits per heavy atom. The van der Waals surface area contributed by atoms with Crippen LogP contribution in [-0.2, 0) is 32.7 Å². The molecule has 2 unspecified atom stereocenters. The van der Waals surface area contributed by atoms with Crippen molar-refractivity contribution in [1.29, 1.82) is 0 Å². The lowest BCUT2D eigenvalue weighted by Crippen LogP contribution is -2.37. The number of carbonyl (C=O) groups excluding carboxylic acids is 2. The van der Waals surface area contributed by atoms with Crippen LogP contribution in [0.1, 0.15) is 328 Å². The molecule has 0 heterocycles. The van der Waals surface area contributed by atoms with E-state index in [0.717, 1.165) is 122 Å². The SMILES string of the molecule is CC/C=C\C/C=C\C/C=C\C/C=C\C/C=C\C/C=C\C/C=C\C/C=C\C/C=C\C/C=C\C/C=C\C/C=C\CCCCCCC(=O)OC(COC(=O)CCCCCCCCCCCCCCCCCCCCCCCCCCCCCCCC)COP(=O)([O-])OCC[N+](C)(C)C. The average molecular weight is 1340 g/mol. The fourth-order valence-electron chi connectivity index (χ4n) is 10.7. The molecular formula is C85H146NO8P. The standard InChI is InChI=1S/C85H146NO8P/c1-6-8-10-12-14-16-18-20-22-24-26-28-30-32-34-36-38-39-40-41-42-43-44-45-46-47-48-50-52-54-56-58-60-62-64-66-68-70-72-74-76-78-85(88)94-83(82-93-95(89,90)92-80-79-86(3,4)5)81-91-84(87)77-75-73-71-69-67-65-63-61-59-57-55-53-51-49-37-35-33-31-29-27-25-23-21-19-17-15-13-11-9-7-2/h8,10,14,16,20,22,26,28,32,34,38-39,41-42,44-45,47-48,52,54,58,60,64,66,83H,6-7,9,11-13,15,17-19,21,23-25,27,29-31,33,35-37,40,43,46,49-51,53,55-57,59,61-63,65,67-82H2,1-5H3/b10-8-,16-14-,22-20-,28-26-,34-32-,39-38-,42-41-,45-44-,48-47-,54-52-,60-58-,66-64-. The van der Waals surface area contributed by atoms with Gasteiger partial charge in [0.1, 0.15) is 19.8 Å². The van der Waals surface area contributed by atoms with E-state index >= 15 is 0 Å². The van der Waals surface area contributed by atoms with Crippen molar-refractivity contribution >= 4 is 19.8 Å². The van der Waals surface area contributed by atoms with E-state index in [4.69, 9.17) is 18.5 Å². The van der Waals surface area contributed by atoms with Gasteiger partial charge in [0.05, 0.1) is 27.7 Å². The Hall–Kier alpha value is -4.11. The van der Waals surface area contributed by atoms with E-state index in [1.165, 1.54) is 173 Å². The number of ether oxygens (including phenoxy) is 2. The average Bonchev–Trinajstić information content (AvgIpc) is 1.81. The van der Waals surface area contributed by atoms with Crippen LogP contribution in [0.3, 0.4) is 0 Å². The van der Waals surface area contributed by atoms with E-state index in [1.54, 1.807) is 0 Å². The topological polar surface area (TPSA) is 111 Å². The number of phosphoric acid groups is 1. The van der Waals surface area contributed by atoms with Gasteiger partial charge in [-0.15, -0.1) is 0 Å². The molecule has 0 bridgehead atoms. The third kappa shape index (κ3) is 78.8. The molecule has 0 N–H and O–H groups in total. The van der Waals surface area contributed by atoms with Crippen LogP contribution in [0.4, 0.5) is 0 Å². The van der Waals surface area contributed by atoms with Crippen molar-refractivity contribution in [3.8, 4) is 0 Å². The molecular weight excluding hydrogens is 1190 g/mol. The number of hydrogen-bond acceptors (Lipinski definition) is 8. The Labute approximate surface area is 586 Å². The van der Waals surface area contributed by atoms with E-state index in [9.17, 15) is 19.0 Å². The van der Waals surface area contributed by atoms with Gasteiger partial charge in [-0.05, 0) is 103 Å². The number of esters is 2. The number of rotatable bonds is 71. The Bertz CT molecular complexity index is 2120. The second kappa shape index (κ2) is 74.1. The molecule has 0 spiro atoms. The zero-order valence-electron chi connectivity index (χ0n) is 62.1. The van der Waals surface area contributed by atoms with Crippen molar-refractivity contribution in [2.75, 3.05) is 47.5 Å². The minimum Gasteiger partial charge on any atom is -0.756 e. The molecule has 2 atom stereocenters. The summed E-state index contributed by atoms with van der Waals surface area (Å²) < 4.78 is 34.3. The molecule has 10 heteroatoms. The van der Waals surface area contributed by atoms with E-state index in [2.05, 4.69) is 160 Å². The summed E-state index contributed by atoms with van der Waals surface area (Å²) in [6.07, 6.45) is 110. The zero-order chi connectivity index (χ0) is 69.0. The third-order valence-electron chi connectivity index (χ3n) is 16.6. The normalized spacial score (nSPS) is 13.9. The Morgan fingerprint density at radius 2 is 0.600 bits per heavy atom. The van der Waals surface area contributed by atoms with Crippen molar-refractivity contribution in [2.45, 2.75) is 335 Å². The van der Waals surface area contributed by atoms with Gasteiger partial charge in [-0.1, -0.05) is 359 Å². The maximum absolute atomic E-state index is 12.9. The van der Waals surface area contributed by atoms with E-state index < -0.39 is 26.5 Å². The summed E-state index contributed by atoms with van der Waals surface area (Å²) >= 11 is 0. The van der Waals surface area contributed by atoms with Crippen LogP contribution in [0.5, 0.6) is 0 Å². The first kappa shape index (κ1) is 90.9. The molecule has 0 radical (unpaired) electrons. The molecule has 0 aliphatic rings. The number of nitrogens with zero attached hydrogens (tertiary/aromatic N) is 1. The molecule has 0 saturated carbocycles. The lowest BCUT2D eigenvalue weighted by atomic mass is 10.0. The molecule has 0 saturated heterocycles. The number of likely N-dealkylation sites (N-methyl/N-ethyl adjacent to an activating group) is 1. The quantitative estimate of drug-likeness (QED) is 0.0195. The smallest absolute Gasteiger partial charge is 0.306 e. The van der Waals surface area contributed by atoms with Crippen LogP contribution in [0.15, 0.2) is 146 Å². The maximum atomic E-state index is 12.9. The van der Waals surface area contributed by atoms with Gasteiger partial charge in [0.2, 0.25) is 0 Å². The highest BCUT2D eigenvalue weighted by atomic mass is 31.2. The highest BCUT2D eigenvalue weighted by Crippen LogP contribution is 2.38. The van der Waals surface area contributed by atoms with Gasteiger partial charge >= 0.3 is 11.9 Å². The van der Waals surface area contributed by atoms with Gasteiger partial charge in [0.25, 0.3) is 7.82 Å². The molecule has 0 rings (SSSR count). The second-order valence-electron chi connectivity index (χ2n) is 27.0. The predicted octanol–water partition coefficient (Wildman–Crippen LogP) is 25.5. The van der Waals surface area contributed by atoms with Gasteiger partial charge in [-0.2, -0.15) is 0 Å². The van der Waals surface area contributed by atoms with Gasteiger partial charge < -0.3 is 27.9 Å². The minimum atomic E-state index is -4.66. The summed E-state index contributed by atoms with van der Waals surface area (Å²) in [5, 5.41) is 0.